The highest BCUT2D eigenvalue weighted by Crippen LogP contribution is 2.26. The first-order valence-electron chi connectivity index (χ1n) is 9.01. The number of primary amides is 1. The Morgan fingerprint density at radius 2 is 1.83 bits per heavy atom. The predicted molar refractivity (Wildman–Crippen MR) is 113 cm³/mol. The molecule has 0 saturated heterocycles. The number of hydrogen-bond acceptors (Lipinski definition) is 5. The molecule has 1 amide bonds. The Balaban J connectivity index is 1.67. The minimum absolute atomic E-state index is 0.206. The normalized spacial score (nSPS) is 11.1. The van der Waals surface area contributed by atoms with Gasteiger partial charge in [0.2, 0.25) is 5.91 Å². The van der Waals surface area contributed by atoms with Crippen LogP contribution in [0.1, 0.15) is 5.82 Å². The number of thioether (sulfide) groups is 1. The third-order valence-electron chi connectivity index (χ3n) is 4.60. The maximum Gasteiger partial charge on any atom is 0.261 e. The summed E-state index contributed by atoms with van der Waals surface area (Å²) in [5.41, 5.74) is 7.75. The Hall–Kier alpha value is -3.39. The van der Waals surface area contributed by atoms with Gasteiger partial charge in [-0.2, -0.15) is 0 Å². The lowest BCUT2D eigenvalue weighted by atomic mass is 10.2. The van der Waals surface area contributed by atoms with E-state index in [1.165, 1.54) is 16.3 Å². The summed E-state index contributed by atoms with van der Waals surface area (Å²) in [7, 11) is 1.95. The monoisotopic (exact) mass is 405 g/mol. The van der Waals surface area contributed by atoms with Crippen LogP contribution in [-0.4, -0.2) is 25.0 Å². The number of hydrogen-bond donors (Lipinski definition) is 1. The molecule has 4 rings (SSSR count). The first-order valence-corrected chi connectivity index (χ1v) is 10.00. The lowest BCUT2D eigenvalue weighted by Gasteiger charge is -2.12. The number of nitrogens with zero attached hydrogens (tertiary/aromatic N) is 4. The van der Waals surface area contributed by atoms with Crippen molar-refractivity contribution in [2.45, 2.75) is 17.5 Å². The van der Waals surface area contributed by atoms with Gasteiger partial charge in [-0.15, -0.1) is 0 Å². The maximum absolute atomic E-state index is 12.8. The van der Waals surface area contributed by atoms with Crippen LogP contribution < -0.4 is 11.3 Å². The molecule has 0 saturated carbocycles. The van der Waals surface area contributed by atoms with Crippen LogP contribution in [0.15, 0.2) is 70.7 Å². The van der Waals surface area contributed by atoms with Crippen LogP contribution in [0.2, 0.25) is 0 Å². The largest absolute Gasteiger partial charge is 0.368 e. The summed E-state index contributed by atoms with van der Waals surface area (Å²) in [5.74, 6) is 0.285. The van der Waals surface area contributed by atoms with Crippen molar-refractivity contribution in [2.75, 3.05) is 0 Å². The highest BCUT2D eigenvalue weighted by Gasteiger charge is 2.15. The van der Waals surface area contributed by atoms with E-state index in [1.807, 2.05) is 54.2 Å². The molecule has 0 unspecified atom stereocenters. The lowest BCUT2D eigenvalue weighted by molar-refractivity contribution is -0.118. The van der Waals surface area contributed by atoms with Gasteiger partial charge in [0.05, 0.1) is 28.5 Å². The van der Waals surface area contributed by atoms with Gasteiger partial charge in [0.15, 0.2) is 5.16 Å². The highest BCUT2D eigenvalue weighted by atomic mass is 32.2. The molecule has 2 aromatic carbocycles. The Labute approximate surface area is 171 Å². The Morgan fingerprint density at radius 3 is 2.59 bits per heavy atom. The number of imidazole rings is 1. The first kappa shape index (κ1) is 18.9. The number of nitrogens with two attached hydrogens (primary N) is 1. The molecule has 0 bridgehead atoms. The van der Waals surface area contributed by atoms with Gasteiger partial charge in [0.25, 0.3) is 5.56 Å². The molecule has 0 fully saturated rings. The van der Waals surface area contributed by atoms with E-state index in [9.17, 15) is 9.59 Å². The fourth-order valence-corrected chi connectivity index (χ4v) is 4.07. The number of rotatable bonds is 6. The van der Waals surface area contributed by atoms with Crippen molar-refractivity contribution in [3.63, 3.8) is 0 Å². The van der Waals surface area contributed by atoms with Gasteiger partial charge >= 0.3 is 0 Å². The van der Waals surface area contributed by atoms with E-state index >= 15 is 0 Å². The van der Waals surface area contributed by atoms with Crippen LogP contribution in [0.3, 0.4) is 0 Å². The minimum Gasteiger partial charge on any atom is -0.368 e. The van der Waals surface area contributed by atoms with Crippen molar-refractivity contribution in [2.24, 2.45) is 12.8 Å². The molecule has 2 heterocycles. The quantitative estimate of drug-likeness (QED) is 0.498. The summed E-state index contributed by atoms with van der Waals surface area (Å²) < 4.78 is 3.34. The second kappa shape index (κ2) is 7.92. The summed E-state index contributed by atoms with van der Waals surface area (Å²) in [4.78, 5) is 33.4. The number of benzene rings is 2. The van der Waals surface area contributed by atoms with Gasteiger partial charge in [0.1, 0.15) is 12.4 Å². The third kappa shape index (κ3) is 3.79. The van der Waals surface area contributed by atoms with Crippen molar-refractivity contribution in [3.8, 4) is 11.3 Å². The van der Waals surface area contributed by atoms with Crippen molar-refractivity contribution >= 4 is 28.6 Å². The Bertz CT molecular complexity index is 1250. The summed E-state index contributed by atoms with van der Waals surface area (Å²) >= 11 is 1.45. The molecule has 0 atom stereocenters. The van der Waals surface area contributed by atoms with E-state index in [4.69, 9.17) is 5.73 Å². The van der Waals surface area contributed by atoms with Crippen molar-refractivity contribution in [3.05, 3.63) is 77.0 Å². The molecule has 4 aromatic rings. The van der Waals surface area contributed by atoms with E-state index < -0.39 is 5.91 Å². The smallest absolute Gasteiger partial charge is 0.261 e. The summed E-state index contributed by atoms with van der Waals surface area (Å²) in [5, 5.41) is 1.25. The number of para-hydroxylation sites is 1. The SMILES string of the molecule is Cn1c(-c2ccccc2)cnc1SCc1nc2ccccc2c(=O)n1CC(N)=O. The molecule has 7 nitrogen and oxygen atoms in total. The summed E-state index contributed by atoms with van der Waals surface area (Å²) in [6.45, 7) is -0.206. The Kier molecular flexibility index (Phi) is 5.18. The molecule has 0 aliphatic carbocycles. The number of aromatic nitrogens is 4. The summed E-state index contributed by atoms with van der Waals surface area (Å²) in [6, 6.07) is 17.1. The van der Waals surface area contributed by atoms with Crippen LogP contribution in [0, 0.1) is 0 Å². The van der Waals surface area contributed by atoms with E-state index in [-0.39, 0.29) is 12.1 Å². The van der Waals surface area contributed by atoms with Gasteiger partial charge in [-0.05, 0) is 17.7 Å². The topological polar surface area (TPSA) is 95.8 Å². The van der Waals surface area contributed by atoms with E-state index in [1.54, 1.807) is 18.2 Å². The van der Waals surface area contributed by atoms with Crippen LogP contribution in [0.25, 0.3) is 22.2 Å². The zero-order valence-corrected chi connectivity index (χ0v) is 16.6. The molecule has 29 heavy (non-hydrogen) atoms. The third-order valence-corrected chi connectivity index (χ3v) is 5.64. The molecule has 2 aromatic heterocycles. The van der Waals surface area contributed by atoms with E-state index in [0.717, 1.165) is 16.4 Å². The van der Waals surface area contributed by atoms with E-state index in [2.05, 4.69) is 9.97 Å². The Morgan fingerprint density at radius 1 is 1.10 bits per heavy atom. The fourth-order valence-electron chi connectivity index (χ4n) is 3.18. The van der Waals surface area contributed by atoms with Crippen LogP contribution >= 0.6 is 11.8 Å². The predicted octanol–water partition coefficient (Wildman–Crippen LogP) is 2.57. The molecule has 0 spiro atoms. The van der Waals surface area contributed by atoms with Crippen LogP contribution in [0.5, 0.6) is 0 Å². The molecule has 0 aliphatic rings. The second-order valence-corrected chi connectivity index (χ2v) is 7.49. The number of fused-ring (bicyclic) bond motifs is 1. The van der Waals surface area contributed by atoms with Crippen LogP contribution in [-0.2, 0) is 24.1 Å². The summed E-state index contributed by atoms with van der Waals surface area (Å²) in [6.07, 6.45) is 1.82. The zero-order chi connectivity index (χ0) is 20.4. The zero-order valence-electron chi connectivity index (χ0n) is 15.8. The number of carbonyl (C=O) groups excluding carboxylic acids is 1. The second-order valence-electron chi connectivity index (χ2n) is 6.54. The van der Waals surface area contributed by atoms with E-state index in [0.29, 0.717) is 22.5 Å². The average molecular weight is 405 g/mol. The van der Waals surface area contributed by atoms with Gasteiger partial charge in [-0.25, -0.2) is 9.97 Å². The first-order chi connectivity index (χ1) is 14.0. The number of carbonyl (C=O) groups is 1. The molecule has 0 aliphatic heterocycles. The van der Waals surface area contributed by atoms with Gasteiger partial charge in [-0.1, -0.05) is 54.2 Å². The molecule has 146 valence electrons. The molecule has 0 radical (unpaired) electrons. The van der Waals surface area contributed by atoms with Crippen LogP contribution in [0.4, 0.5) is 0 Å². The maximum atomic E-state index is 12.8. The minimum atomic E-state index is -0.584. The van der Waals surface area contributed by atoms with Crippen molar-refractivity contribution in [1.29, 1.82) is 0 Å². The standard InChI is InChI=1S/C21H19N5O2S/c1-25-17(14-7-3-2-4-8-14)11-23-21(25)29-13-19-24-16-10-6-5-9-15(16)20(28)26(19)12-18(22)27/h2-11H,12-13H2,1H3,(H2,22,27). The van der Waals surface area contributed by atoms with Crippen molar-refractivity contribution < 1.29 is 4.79 Å². The average Bonchev–Trinajstić information content (AvgIpc) is 3.09. The van der Waals surface area contributed by atoms with Gasteiger partial charge < -0.3 is 10.3 Å². The van der Waals surface area contributed by atoms with Crippen molar-refractivity contribution in [1.82, 2.24) is 19.1 Å². The highest BCUT2D eigenvalue weighted by molar-refractivity contribution is 7.98. The van der Waals surface area contributed by atoms with Gasteiger partial charge in [0, 0.05) is 7.05 Å². The van der Waals surface area contributed by atoms with Gasteiger partial charge in [-0.3, -0.25) is 14.2 Å². The molecule has 2 N–H and O–H groups in total. The fraction of sp³-hybridized carbons (Fsp3) is 0.143. The molecular formula is C21H19N5O2S. The molecular weight excluding hydrogens is 386 g/mol. The lowest BCUT2D eigenvalue weighted by Crippen LogP contribution is -2.31. The number of amides is 1. The molecule has 8 heteroatoms.